The third kappa shape index (κ3) is 7.59. The Morgan fingerprint density at radius 1 is 1.25 bits per heavy atom. The maximum Gasteiger partial charge on any atom is 0.243 e. The Kier molecular flexibility index (Phi) is 9.51. The first-order valence-electron chi connectivity index (χ1n) is 11.0. The molecular weight excluding hydrogens is 354 g/mol. The molecule has 2 aliphatic heterocycles. The number of hydrogen-bond donors (Lipinski definition) is 1. The van der Waals surface area contributed by atoms with Crippen LogP contribution in [0.1, 0.15) is 46.0 Å². The molecule has 2 rings (SSSR count). The molecule has 7 nitrogen and oxygen atoms in total. The molecule has 0 aromatic carbocycles. The van der Waals surface area contributed by atoms with Crippen LogP contribution in [0.15, 0.2) is 4.99 Å². The normalized spacial score (nSPS) is 24.3. The topological polar surface area (TPSA) is 60.4 Å². The Morgan fingerprint density at radius 3 is 2.68 bits per heavy atom. The number of aliphatic imine (C=N–C) groups is 1. The Hall–Kier alpha value is -1.34. The fraction of sp³-hybridized carbons (Fsp3) is 0.905. The lowest BCUT2D eigenvalue weighted by atomic mass is 9.78. The van der Waals surface area contributed by atoms with Gasteiger partial charge in [-0.3, -0.25) is 9.69 Å². The van der Waals surface area contributed by atoms with Gasteiger partial charge in [0.25, 0.3) is 0 Å². The summed E-state index contributed by atoms with van der Waals surface area (Å²) in [6.07, 6.45) is 5.99. The number of piperidine rings is 1. The van der Waals surface area contributed by atoms with Gasteiger partial charge < -0.3 is 19.9 Å². The zero-order chi connectivity index (χ0) is 20.4. The molecule has 2 fully saturated rings. The van der Waals surface area contributed by atoms with Crippen LogP contribution in [0.25, 0.3) is 0 Å². The van der Waals surface area contributed by atoms with Crippen LogP contribution in [0.2, 0.25) is 0 Å². The van der Waals surface area contributed by atoms with Gasteiger partial charge in [0.05, 0.1) is 13.2 Å². The van der Waals surface area contributed by atoms with Crippen molar-refractivity contribution in [3.8, 4) is 0 Å². The van der Waals surface area contributed by atoms with E-state index in [4.69, 9.17) is 4.74 Å². The molecule has 1 unspecified atom stereocenters. The van der Waals surface area contributed by atoms with E-state index in [9.17, 15) is 4.79 Å². The SMILES string of the molecule is CCCC1(C)CCCN(C(=NCC(=O)N(C)C)NCCCN2CCOCC2)C1. The summed E-state index contributed by atoms with van der Waals surface area (Å²) in [6.45, 7) is 12.6. The van der Waals surface area contributed by atoms with Gasteiger partial charge in [-0.15, -0.1) is 0 Å². The molecule has 2 heterocycles. The third-order valence-corrected chi connectivity index (χ3v) is 5.83. The smallest absolute Gasteiger partial charge is 0.243 e. The molecule has 2 aliphatic rings. The van der Waals surface area contributed by atoms with Gasteiger partial charge in [0.15, 0.2) is 5.96 Å². The number of morpholine rings is 1. The summed E-state index contributed by atoms with van der Waals surface area (Å²) in [5.74, 6) is 0.945. The van der Waals surface area contributed by atoms with Crippen molar-refractivity contribution in [3.63, 3.8) is 0 Å². The number of likely N-dealkylation sites (tertiary alicyclic amines) is 1. The molecule has 0 radical (unpaired) electrons. The van der Waals surface area contributed by atoms with Gasteiger partial charge in [0.2, 0.25) is 5.91 Å². The van der Waals surface area contributed by atoms with Gasteiger partial charge in [-0.25, -0.2) is 4.99 Å². The van der Waals surface area contributed by atoms with Crippen LogP contribution in [0.4, 0.5) is 0 Å². The first-order valence-corrected chi connectivity index (χ1v) is 11.0. The molecule has 1 atom stereocenters. The second-order valence-corrected chi connectivity index (χ2v) is 8.75. The van der Waals surface area contributed by atoms with Crippen molar-refractivity contribution in [2.24, 2.45) is 10.4 Å². The quantitative estimate of drug-likeness (QED) is 0.385. The Bertz CT molecular complexity index is 501. The third-order valence-electron chi connectivity index (χ3n) is 5.83. The Labute approximate surface area is 171 Å². The van der Waals surface area contributed by atoms with Crippen molar-refractivity contribution < 1.29 is 9.53 Å². The minimum Gasteiger partial charge on any atom is -0.379 e. The zero-order valence-corrected chi connectivity index (χ0v) is 18.5. The van der Waals surface area contributed by atoms with Crippen LogP contribution in [0.5, 0.6) is 0 Å². The highest BCUT2D eigenvalue weighted by Crippen LogP contribution is 2.33. The molecule has 0 saturated carbocycles. The number of rotatable bonds is 8. The number of nitrogens with one attached hydrogen (secondary N) is 1. The summed E-state index contributed by atoms with van der Waals surface area (Å²) in [5, 5.41) is 3.55. The minimum absolute atomic E-state index is 0.0425. The number of amides is 1. The maximum absolute atomic E-state index is 12.1. The summed E-state index contributed by atoms with van der Waals surface area (Å²) in [4.78, 5) is 23.2. The number of hydrogen-bond acceptors (Lipinski definition) is 4. The Morgan fingerprint density at radius 2 is 2.00 bits per heavy atom. The van der Waals surface area contributed by atoms with E-state index in [1.807, 2.05) is 0 Å². The van der Waals surface area contributed by atoms with Crippen molar-refractivity contribution in [2.75, 3.05) is 73.1 Å². The lowest BCUT2D eigenvalue weighted by molar-refractivity contribution is -0.127. The predicted molar refractivity (Wildman–Crippen MR) is 115 cm³/mol. The second-order valence-electron chi connectivity index (χ2n) is 8.75. The number of nitrogens with zero attached hydrogens (tertiary/aromatic N) is 4. The van der Waals surface area contributed by atoms with Crippen molar-refractivity contribution in [1.82, 2.24) is 20.0 Å². The van der Waals surface area contributed by atoms with Crippen LogP contribution in [-0.4, -0.2) is 99.7 Å². The molecule has 162 valence electrons. The highest BCUT2D eigenvalue weighted by molar-refractivity contribution is 5.85. The van der Waals surface area contributed by atoms with Crippen LogP contribution < -0.4 is 5.32 Å². The van der Waals surface area contributed by atoms with Gasteiger partial charge in [-0.2, -0.15) is 0 Å². The summed E-state index contributed by atoms with van der Waals surface area (Å²) >= 11 is 0. The molecule has 28 heavy (non-hydrogen) atoms. The molecule has 7 heteroatoms. The van der Waals surface area contributed by atoms with Crippen molar-refractivity contribution in [2.45, 2.75) is 46.0 Å². The molecule has 1 N–H and O–H groups in total. The average molecular weight is 396 g/mol. The number of likely N-dealkylation sites (N-methyl/N-ethyl adjacent to an activating group) is 1. The van der Waals surface area contributed by atoms with Gasteiger partial charge in [0, 0.05) is 46.8 Å². The fourth-order valence-electron chi connectivity index (χ4n) is 4.18. The monoisotopic (exact) mass is 395 g/mol. The van der Waals surface area contributed by atoms with Crippen molar-refractivity contribution >= 4 is 11.9 Å². The van der Waals surface area contributed by atoms with Crippen LogP contribution in [0.3, 0.4) is 0 Å². The van der Waals surface area contributed by atoms with E-state index < -0.39 is 0 Å². The first kappa shape index (κ1) is 22.9. The lowest BCUT2D eigenvalue weighted by Gasteiger charge is -2.42. The highest BCUT2D eigenvalue weighted by atomic mass is 16.5. The van der Waals surface area contributed by atoms with E-state index in [0.29, 0.717) is 5.41 Å². The van der Waals surface area contributed by atoms with Crippen LogP contribution in [-0.2, 0) is 9.53 Å². The predicted octanol–water partition coefficient (Wildman–Crippen LogP) is 1.64. The number of guanidine groups is 1. The molecule has 1 amide bonds. The van der Waals surface area contributed by atoms with Crippen LogP contribution in [0, 0.1) is 5.41 Å². The minimum atomic E-state index is 0.0425. The Balaban J connectivity index is 1.92. The van der Waals surface area contributed by atoms with E-state index in [1.54, 1.807) is 19.0 Å². The summed E-state index contributed by atoms with van der Waals surface area (Å²) in [7, 11) is 3.57. The molecule has 0 aromatic heterocycles. The van der Waals surface area contributed by atoms with E-state index >= 15 is 0 Å². The van der Waals surface area contributed by atoms with E-state index in [0.717, 1.165) is 64.9 Å². The molecule has 0 bridgehead atoms. The van der Waals surface area contributed by atoms with E-state index in [2.05, 4.69) is 34.0 Å². The molecular formula is C21H41N5O2. The standard InChI is InChI=1S/C21H41N5O2/c1-5-8-21(2)9-6-12-26(18-21)20(23-17-19(27)24(3)4)22-10-7-11-25-13-15-28-16-14-25/h5-18H2,1-4H3,(H,22,23). The number of carbonyl (C=O) groups is 1. The van der Waals surface area contributed by atoms with Gasteiger partial charge in [-0.1, -0.05) is 20.3 Å². The summed E-state index contributed by atoms with van der Waals surface area (Å²) in [5.41, 5.74) is 0.342. The summed E-state index contributed by atoms with van der Waals surface area (Å²) in [6, 6.07) is 0. The molecule has 0 aromatic rings. The molecule has 0 aliphatic carbocycles. The largest absolute Gasteiger partial charge is 0.379 e. The second kappa shape index (κ2) is 11.6. The number of ether oxygens (including phenoxy) is 1. The fourth-order valence-corrected chi connectivity index (χ4v) is 4.18. The van der Waals surface area contributed by atoms with Gasteiger partial charge in [-0.05, 0) is 37.6 Å². The molecule has 2 saturated heterocycles. The maximum atomic E-state index is 12.1. The van der Waals surface area contributed by atoms with Crippen molar-refractivity contribution in [3.05, 3.63) is 0 Å². The average Bonchev–Trinajstić information content (AvgIpc) is 2.67. The number of carbonyl (C=O) groups excluding carboxylic acids is 1. The zero-order valence-electron chi connectivity index (χ0n) is 18.5. The summed E-state index contributed by atoms with van der Waals surface area (Å²) < 4.78 is 5.42. The van der Waals surface area contributed by atoms with Gasteiger partial charge in [0.1, 0.15) is 6.54 Å². The first-order chi connectivity index (χ1) is 13.4. The van der Waals surface area contributed by atoms with E-state index in [-0.39, 0.29) is 12.5 Å². The molecule has 0 spiro atoms. The van der Waals surface area contributed by atoms with Crippen molar-refractivity contribution in [1.29, 1.82) is 0 Å². The highest BCUT2D eigenvalue weighted by Gasteiger charge is 2.31. The van der Waals surface area contributed by atoms with Gasteiger partial charge >= 0.3 is 0 Å². The lowest BCUT2D eigenvalue weighted by Crippen LogP contribution is -2.50. The van der Waals surface area contributed by atoms with E-state index in [1.165, 1.54) is 25.7 Å². The van der Waals surface area contributed by atoms with Crippen LogP contribution >= 0.6 is 0 Å².